The second-order valence-electron chi connectivity index (χ2n) is 4.41. The first-order valence-corrected chi connectivity index (χ1v) is 6.17. The van der Waals surface area contributed by atoms with E-state index in [4.69, 9.17) is 4.74 Å². The average molecular weight is 275 g/mol. The molecule has 0 amide bonds. The fourth-order valence-corrected chi connectivity index (χ4v) is 1.83. The predicted octanol–water partition coefficient (Wildman–Crippen LogP) is 4.01. The SMILES string of the molecule is CC(OCc1ccc([N+](=O)[O-])c(F)c1)c1ccccc1. The fraction of sp³-hybridized carbons (Fsp3) is 0.200. The Balaban J connectivity index is 2.01. The molecule has 0 N–H and O–H groups in total. The van der Waals surface area contributed by atoms with Crippen LogP contribution in [0.2, 0.25) is 0 Å². The van der Waals surface area contributed by atoms with Gasteiger partial charge >= 0.3 is 5.69 Å². The molecule has 2 aromatic rings. The molecule has 0 saturated carbocycles. The number of ether oxygens (including phenoxy) is 1. The quantitative estimate of drug-likeness (QED) is 0.612. The summed E-state index contributed by atoms with van der Waals surface area (Å²) in [7, 11) is 0. The zero-order valence-corrected chi connectivity index (χ0v) is 11.0. The van der Waals surface area contributed by atoms with Gasteiger partial charge < -0.3 is 4.74 Å². The van der Waals surface area contributed by atoms with Gasteiger partial charge in [-0.1, -0.05) is 30.3 Å². The Bertz CT molecular complexity index is 601. The third kappa shape index (κ3) is 3.39. The largest absolute Gasteiger partial charge is 0.369 e. The van der Waals surface area contributed by atoms with E-state index < -0.39 is 16.4 Å². The van der Waals surface area contributed by atoms with E-state index in [1.807, 2.05) is 37.3 Å². The molecule has 0 spiro atoms. The summed E-state index contributed by atoms with van der Waals surface area (Å²) >= 11 is 0. The maximum absolute atomic E-state index is 13.5. The Morgan fingerprint density at radius 3 is 2.55 bits per heavy atom. The standard InChI is InChI=1S/C15H14FNO3/c1-11(13-5-3-2-4-6-13)20-10-12-7-8-15(17(18)19)14(16)9-12/h2-9,11H,10H2,1H3. The highest BCUT2D eigenvalue weighted by Gasteiger charge is 2.14. The molecular weight excluding hydrogens is 261 g/mol. The van der Waals surface area contributed by atoms with Gasteiger partial charge in [-0.2, -0.15) is 4.39 Å². The Hall–Kier alpha value is -2.27. The van der Waals surface area contributed by atoms with E-state index in [9.17, 15) is 14.5 Å². The highest BCUT2D eigenvalue weighted by molar-refractivity contribution is 5.34. The van der Waals surface area contributed by atoms with Crippen molar-refractivity contribution in [3.63, 3.8) is 0 Å². The minimum atomic E-state index is -0.844. The van der Waals surface area contributed by atoms with E-state index in [1.165, 1.54) is 6.07 Å². The normalized spacial score (nSPS) is 12.1. The first-order chi connectivity index (χ1) is 9.58. The second kappa shape index (κ2) is 6.25. The van der Waals surface area contributed by atoms with Crippen molar-refractivity contribution in [2.75, 3.05) is 0 Å². The Morgan fingerprint density at radius 1 is 1.25 bits per heavy atom. The molecule has 0 heterocycles. The average Bonchev–Trinajstić information content (AvgIpc) is 2.45. The Morgan fingerprint density at radius 2 is 1.95 bits per heavy atom. The van der Waals surface area contributed by atoms with Crippen LogP contribution in [0, 0.1) is 15.9 Å². The number of halogens is 1. The topological polar surface area (TPSA) is 52.4 Å². The highest BCUT2D eigenvalue weighted by Crippen LogP contribution is 2.21. The summed E-state index contributed by atoms with van der Waals surface area (Å²) in [6, 6.07) is 13.4. The molecule has 0 radical (unpaired) electrons. The second-order valence-corrected chi connectivity index (χ2v) is 4.41. The summed E-state index contributed by atoms with van der Waals surface area (Å²) in [5, 5.41) is 10.5. The lowest BCUT2D eigenvalue weighted by atomic mass is 10.1. The summed E-state index contributed by atoms with van der Waals surface area (Å²) in [6.07, 6.45) is -0.130. The molecule has 1 atom stereocenters. The van der Waals surface area contributed by atoms with Gasteiger partial charge in [0.1, 0.15) is 0 Å². The van der Waals surface area contributed by atoms with Crippen molar-refractivity contribution in [1.29, 1.82) is 0 Å². The molecule has 0 aromatic heterocycles. The van der Waals surface area contributed by atoms with Crippen LogP contribution in [-0.4, -0.2) is 4.92 Å². The summed E-state index contributed by atoms with van der Waals surface area (Å²) < 4.78 is 19.1. The lowest BCUT2D eigenvalue weighted by molar-refractivity contribution is -0.387. The van der Waals surface area contributed by atoms with E-state index in [2.05, 4.69) is 0 Å². The van der Waals surface area contributed by atoms with E-state index >= 15 is 0 Å². The molecule has 4 nitrogen and oxygen atoms in total. The number of hydrogen-bond acceptors (Lipinski definition) is 3. The summed E-state index contributed by atoms with van der Waals surface area (Å²) in [5.41, 5.74) is 1.07. The van der Waals surface area contributed by atoms with Crippen LogP contribution >= 0.6 is 0 Å². The lowest BCUT2D eigenvalue weighted by Crippen LogP contribution is -2.01. The van der Waals surface area contributed by atoms with Crippen molar-refractivity contribution >= 4 is 5.69 Å². The van der Waals surface area contributed by atoms with Crippen LogP contribution in [0.4, 0.5) is 10.1 Å². The van der Waals surface area contributed by atoms with Gasteiger partial charge in [-0.05, 0) is 30.2 Å². The lowest BCUT2D eigenvalue weighted by Gasteiger charge is -2.13. The van der Waals surface area contributed by atoms with Crippen LogP contribution in [0.25, 0.3) is 0 Å². The maximum Gasteiger partial charge on any atom is 0.304 e. The van der Waals surface area contributed by atoms with Gasteiger partial charge in [0, 0.05) is 6.07 Å². The van der Waals surface area contributed by atoms with E-state index in [1.54, 1.807) is 0 Å². The van der Waals surface area contributed by atoms with E-state index in [0.717, 1.165) is 17.7 Å². The predicted molar refractivity (Wildman–Crippen MR) is 72.7 cm³/mol. The number of nitro groups is 1. The fourth-order valence-electron chi connectivity index (χ4n) is 1.83. The molecule has 0 saturated heterocycles. The summed E-state index contributed by atoms with van der Waals surface area (Å²) in [4.78, 5) is 9.77. The number of nitro benzene ring substituents is 1. The van der Waals surface area contributed by atoms with Gasteiger partial charge in [0.2, 0.25) is 5.82 Å². The molecule has 104 valence electrons. The van der Waals surface area contributed by atoms with Gasteiger partial charge in [-0.15, -0.1) is 0 Å². The highest BCUT2D eigenvalue weighted by atomic mass is 19.1. The molecule has 1 unspecified atom stereocenters. The number of hydrogen-bond donors (Lipinski definition) is 0. The van der Waals surface area contributed by atoms with Crippen LogP contribution < -0.4 is 0 Å². The van der Waals surface area contributed by atoms with Crippen LogP contribution in [0.5, 0.6) is 0 Å². The molecule has 2 aromatic carbocycles. The van der Waals surface area contributed by atoms with Crippen molar-refractivity contribution in [2.24, 2.45) is 0 Å². The zero-order valence-electron chi connectivity index (χ0n) is 11.0. The van der Waals surface area contributed by atoms with Crippen LogP contribution in [0.1, 0.15) is 24.2 Å². The van der Waals surface area contributed by atoms with Gasteiger partial charge in [-0.25, -0.2) is 0 Å². The molecule has 2 rings (SSSR count). The van der Waals surface area contributed by atoms with Gasteiger partial charge in [0.05, 0.1) is 17.6 Å². The molecule has 0 aliphatic carbocycles. The number of rotatable bonds is 5. The molecule has 20 heavy (non-hydrogen) atoms. The molecule has 0 bridgehead atoms. The van der Waals surface area contributed by atoms with Gasteiger partial charge in [-0.3, -0.25) is 10.1 Å². The summed E-state index contributed by atoms with van der Waals surface area (Å²) in [6.45, 7) is 2.10. The van der Waals surface area contributed by atoms with E-state index in [-0.39, 0.29) is 12.7 Å². The molecule has 0 fully saturated rings. The smallest absolute Gasteiger partial charge is 0.304 e. The van der Waals surface area contributed by atoms with Crippen LogP contribution in [0.3, 0.4) is 0 Å². The maximum atomic E-state index is 13.5. The van der Waals surface area contributed by atoms with Crippen molar-refractivity contribution in [2.45, 2.75) is 19.6 Å². The minimum Gasteiger partial charge on any atom is -0.369 e. The van der Waals surface area contributed by atoms with E-state index in [0.29, 0.717) is 5.56 Å². The zero-order chi connectivity index (χ0) is 14.5. The van der Waals surface area contributed by atoms with Crippen LogP contribution in [-0.2, 0) is 11.3 Å². The van der Waals surface area contributed by atoms with Crippen molar-refractivity contribution < 1.29 is 14.1 Å². The number of nitrogens with zero attached hydrogens (tertiary/aromatic N) is 1. The first-order valence-electron chi connectivity index (χ1n) is 6.17. The van der Waals surface area contributed by atoms with Gasteiger partial charge in [0.15, 0.2) is 0 Å². The summed E-state index contributed by atoms with van der Waals surface area (Å²) in [5.74, 6) is -0.844. The number of benzene rings is 2. The minimum absolute atomic E-state index is 0.130. The Kier molecular flexibility index (Phi) is 4.42. The third-order valence-electron chi connectivity index (χ3n) is 2.98. The van der Waals surface area contributed by atoms with Crippen LogP contribution in [0.15, 0.2) is 48.5 Å². The molecule has 5 heteroatoms. The van der Waals surface area contributed by atoms with Crippen molar-refractivity contribution in [1.82, 2.24) is 0 Å². The molecular formula is C15H14FNO3. The van der Waals surface area contributed by atoms with Gasteiger partial charge in [0.25, 0.3) is 0 Å². The first kappa shape index (κ1) is 14.1. The van der Waals surface area contributed by atoms with Crippen molar-refractivity contribution in [3.05, 3.63) is 75.6 Å². The van der Waals surface area contributed by atoms with Crippen molar-refractivity contribution in [3.8, 4) is 0 Å². The Labute approximate surface area is 116 Å². The molecule has 0 aliphatic rings. The third-order valence-corrected chi connectivity index (χ3v) is 2.98. The monoisotopic (exact) mass is 275 g/mol. The molecule has 0 aliphatic heterocycles.